The lowest BCUT2D eigenvalue weighted by Crippen LogP contribution is -2.47. The molecule has 29 heavy (non-hydrogen) atoms. The first kappa shape index (κ1) is 23.7. The normalized spacial score (nSPS) is 22.1. The van der Waals surface area contributed by atoms with Crippen LogP contribution in [-0.2, 0) is 14.4 Å². The van der Waals surface area contributed by atoms with Gasteiger partial charge in [0.15, 0.2) is 0 Å². The van der Waals surface area contributed by atoms with Crippen LogP contribution in [-0.4, -0.2) is 58.7 Å². The van der Waals surface area contributed by atoms with Gasteiger partial charge in [-0.2, -0.15) is 0 Å². The molecule has 2 aliphatic heterocycles. The second-order valence-corrected chi connectivity index (χ2v) is 9.93. The number of carbonyl (C=O) groups is 3. The van der Waals surface area contributed by atoms with Crippen LogP contribution >= 0.6 is 0 Å². The molecule has 6 heteroatoms. The minimum Gasteiger partial charge on any atom is -0.353 e. The standard InChI is InChI=1S/C23H41N3O3/c1-6-7-8-9-10-17(2)24-21(28)18-11-13-25(14-12-18)22(29)19-15-20(27)26(16-19)23(3,4)5/h17-19H,6-16H2,1-5H3,(H,24,28). The van der Waals surface area contributed by atoms with E-state index in [4.69, 9.17) is 0 Å². The quantitative estimate of drug-likeness (QED) is 0.627. The summed E-state index contributed by atoms with van der Waals surface area (Å²) in [6.07, 6.45) is 7.64. The highest BCUT2D eigenvalue weighted by Crippen LogP contribution is 2.28. The molecule has 0 radical (unpaired) electrons. The van der Waals surface area contributed by atoms with Crippen LogP contribution in [0.25, 0.3) is 0 Å². The van der Waals surface area contributed by atoms with E-state index in [0.717, 1.165) is 12.8 Å². The van der Waals surface area contributed by atoms with Crippen LogP contribution < -0.4 is 5.32 Å². The average Bonchev–Trinajstić information content (AvgIpc) is 3.07. The Labute approximate surface area is 176 Å². The monoisotopic (exact) mass is 407 g/mol. The zero-order chi connectivity index (χ0) is 21.6. The molecule has 0 bridgehead atoms. The molecule has 0 aromatic heterocycles. The number of hydrogen-bond donors (Lipinski definition) is 1. The topological polar surface area (TPSA) is 69.7 Å². The average molecular weight is 408 g/mol. The maximum absolute atomic E-state index is 12.9. The van der Waals surface area contributed by atoms with E-state index in [0.29, 0.717) is 38.9 Å². The molecule has 0 spiro atoms. The fraction of sp³-hybridized carbons (Fsp3) is 0.870. The van der Waals surface area contributed by atoms with Crippen molar-refractivity contribution in [3.05, 3.63) is 0 Å². The number of nitrogens with one attached hydrogen (secondary N) is 1. The van der Waals surface area contributed by atoms with Crippen molar-refractivity contribution in [3.8, 4) is 0 Å². The largest absolute Gasteiger partial charge is 0.353 e. The molecule has 2 fully saturated rings. The summed E-state index contributed by atoms with van der Waals surface area (Å²) in [6.45, 7) is 12.0. The third-order valence-corrected chi connectivity index (χ3v) is 6.34. The Morgan fingerprint density at radius 1 is 1.10 bits per heavy atom. The van der Waals surface area contributed by atoms with Crippen molar-refractivity contribution in [1.29, 1.82) is 0 Å². The molecule has 2 atom stereocenters. The van der Waals surface area contributed by atoms with Gasteiger partial charge in [0, 0.05) is 43.6 Å². The molecule has 0 aromatic carbocycles. The van der Waals surface area contributed by atoms with Gasteiger partial charge in [-0.3, -0.25) is 14.4 Å². The predicted octanol–water partition coefficient (Wildman–Crippen LogP) is 3.35. The zero-order valence-corrected chi connectivity index (χ0v) is 19.1. The molecule has 1 N–H and O–H groups in total. The first-order chi connectivity index (χ1) is 13.6. The Balaban J connectivity index is 1.75. The first-order valence-electron chi connectivity index (χ1n) is 11.5. The molecule has 0 aliphatic carbocycles. The second kappa shape index (κ2) is 10.4. The number of nitrogens with zero attached hydrogens (tertiary/aromatic N) is 2. The molecule has 2 aliphatic rings. The van der Waals surface area contributed by atoms with Gasteiger partial charge < -0.3 is 15.1 Å². The molecular weight excluding hydrogens is 366 g/mol. The summed E-state index contributed by atoms with van der Waals surface area (Å²) in [5.41, 5.74) is -0.246. The third-order valence-electron chi connectivity index (χ3n) is 6.34. The van der Waals surface area contributed by atoms with Crippen LogP contribution in [0, 0.1) is 11.8 Å². The summed E-state index contributed by atoms with van der Waals surface area (Å²) < 4.78 is 0. The molecule has 2 heterocycles. The van der Waals surface area contributed by atoms with Crippen LogP contribution in [0.5, 0.6) is 0 Å². The van der Waals surface area contributed by atoms with E-state index in [2.05, 4.69) is 19.2 Å². The molecule has 0 aromatic rings. The fourth-order valence-corrected chi connectivity index (χ4v) is 4.45. The van der Waals surface area contributed by atoms with E-state index in [1.165, 1.54) is 19.3 Å². The van der Waals surface area contributed by atoms with Crippen LogP contribution in [0.3, 0.4) is 0 Å². The van der Waals surface area contributed by atoms with Crippen molar-refractivity contribution in [3.63, 3.8) is 0 Å². The lowest BCUT2D eigenvalue weighted by atomic mass is 9.94. The number of likely N-dealkylation sites (tertiary alicyclic amines) is 2. The van der Waals surface area contributed by atoms with Crippen molar-refractivity contribution in [1.82, 2.24) is 15.1 Å². The van der Waals surface area contributed by atoms with E-state index in [-0.39, 0.29) is 41.1 Å². The van der Waals surface area contributed by atoms with Crippen LogP contribution in [0.2, 0.25) is 0 Å². The van der Waals surface area contributed by atoms with Gasteiger partial charge in [-0.05, 0) is 47.0 Å². The second-order valence-electron chi connectivity index (χ2n) is 9.93. The Morgan fingerprint density at radius 2 is 1.76 bits per heavy atom. The Morgan fingerprint density at radius 3 is 2.31 bits per heavy atom. The molecule has 166 valence electrons. The highest BCUT2D eigenvalue weighted by atomic mass is 16.2. The molecule has 2 unspecified atom stereocenters. The minimum absolute atomic E-state index is 0.00609. The number of rotatable bonds is 8. The lowest BCUT2D eigenvalue weighted by molar-refractivity contribution is -0.139. The number of piperidine rings is 1. The molecule has 0 saturated carbocycles. The molecule has 6 nitrogen and oxygen atoms in total. The Bertz CT molecular complexity index is 576. The molecule has 2 saturated heterocycles. The van der Waals surface area contributed by atoms with Crippen molar-refractivity contribution in [2.45, 2.75) is 97.6 Å². The highest BCUT2D eigenvalue weighted by Gasteiger charge is 2.41. The number of hydrogen-bond acceptors (Lipinski definition) is 3. The van der Waals surface area contributed by atoms with E-state index in [9.17, 15) is 14.4 Å². The van der Waals surface area contributed by atoms with E-state index >= 15 is 0 Å². The lowest BCUT2D eigenvalue weighted by Gasteiger charge is -2.34. The predicted molar refractivity (Wildman–Crippen MR) is 115 cm³/mol. The van der Waals surface area contributed by atoms with Gasteiger partial charge in [0.2, 0.25) is 17.7 Å². The number of unbranched alkanes of at least 4 members (excludes halogenated alkanes) is 3. The van der Waals surface area contributed by atoms with E-state index in [1.54, 1.807) is 0 Å². The maximum Gasteiger partial charge on any atom is 0.227 e. The van der Waals surface area contributed by atoms with E-state index in [1.807, 2.05) is 30.6 Å². The number of amides is 3. The smallest absolute Gasteiger partial charge is 0.227 e. The summed E-state index contributed by atoms with van der Waals surface area (Å²) in [6, 6.07) is 0.215. The van der Waals surface area contributed by atoms with Gasteiger partial charge in [-0.1, -0.05) is 32.6 Å². The zero-order valence-electron chi connectivity index (χ0n) is 19.1. The van der Waals surface area contributed by atoms with Gasteiger partial charge >= 0.3 is 0 Å². The van der Waals surface area contributed by atoms with Crippen molar-refractivity contribution in [2.75, 3.05) is 19.6 Å². The van der Waals surface area contributed by atoms with Crippen molar-refractivity contribution >= 4 is 17.7 Å². The molecule has 3 amide bonds. The number of carbonyl (C=O) groups excluding carboxylic acids is 3. The van der Waals surface area contributed by atoms with Crippen LogP contribution in [0.1, 0.15) is 86.0 Å². The Hall–Kier alpha value is -1.59. The summed E-state index contributed by atoms with van der Waals surface area (Å²) >= 11 is 0. The Kier molecular flexibility index (Phi) is 8.53. The first-order valence-corrected chi connectivity index (χ1v) is 11.5. The van der Waals surface area contributed by atoms with Crippen molar-refractivity contribution in [2.24, 2.45) is 11.8 Å². The van der Waals surface area contributed by atoms with Gasteiger partial charge in [0.1, 0.15) is 0 Å². The van der Waals surface area contributed by atoms with Gasteiger partial charge in [-0.25, -0.2) is 0 Å². The summed E-state index contributed by atoms with van der Waals surface area (Å²) in [5.74, 6) is 0.0324. The van der Waals surface area contributed by atoms with Crippen LogP contribution in [0.15, 0.2) is 0 Å². The fourth-order valence-electron chi connectivity index (χ4n) is 4.45. The van der Waals surface area contributed by atoms with E-state index < -0.39 is 0 Å². The minimum atomic E-state index is -0.246. The third kappa shape index (κ3) is 6.71. The summed E-state index contributed by atoms with van der Waals surface area (Å²) in [7, 11) is 0. The SMILES string of the molecule is CCCCCCC(C)NC(=O)C1CCN(C(=O)C2CC(=O)N(C(C)(C)C)C2)CC1. The highest BCUT2D eigenvalue weighted by molar-refractivity contribution is 5.90. The summed E-state index contributed by atoms with van der Waals surface area (Å²) in [5, 5.41) is 3.16. The summed E-state index contributed by atoms with van der Waals surface area (Å²) in [4.78, 5) is 41.4. The molecule has 2 rings (SSSR count). The van der Waals surface area contributed by atoms with Gasteiger partial charge in [-0.15, -0.1) is 0 Å². The van der Waals surface area contributed by atoms with Crippen molar-refractivity contribution < 1.29 is 14.4 Å². The molecular formula is C23H41N3O3. The van der Waals surface area contributed by atoms with Gasteiger partial charge in [0.25, 0.3) is 0 Å². The maximum atomic E-state index is 12.9. The van der Waals surface area contributed by atoms with Gasteiger partial charge in [0.05, 0.1) is 5.92 Å². The van der Waals surface area contributed by atoms with Crippen LogP contribution in [0.4, 0.5) is 0 Å².